The summed E-state index contributed by atoms with van der Waals surface area (Å²) in [6, 6.07) is 21.3. The molecule has 1 aliphatic carbocycles. The zero-order valence-electron chi connectivity index (χ0n) is 19.8. The second-order valence-corrected chi connectivity index (χ2v) is 10.7. The summed E-state index contributed by atoms with van der Waals surface area (Å²) in [5.74, 6) is 1.04. The van der Waals surface area contributed by atoms with Gasteiger partial charge in [0.25, 0.3) is 0 Å². The molecule has 0 saturated carbocycles. The molecule has 3 aromatic carbocycles. The number of aliphatic hydroxyl groups excluding tert-OH is 1. The van der Waals surface area contributed by atoms with E-state index in [9.17, 15) is 14.7 Å². The second kappa shape index (κ2) is 9.39. The topological polar surface area (TPSA) is 76.1 Å². The number of carbonyl (C=O) groups excluding carboxylic acids is 2. The summed E-state index contributed by atoms with van der Waals surface area (Å²) < 4.78 is 12.4. The number of aliphatic hydroxyl groups is 1. The predicted molar refractivity (Wildman–Crippen MR) is 140 cm³/mol. The lowest BCUT2D eigenvalue weighted by atomic mass is 9.90. The first-order valence-electron chi connectivity index (χ1n) is 12.3. The summed E-state index contributed by atoms with van der Waals surface area (Å²) in [7, 11) is 0. The highest BCUT2D eigenvalue weighted by Gasteiger charge is 2.46. The Hall–Kier alpha value is -3.13. The van der Waals surface area contributed by atoms with Crippen LogP contribution in [0.4, 0.5) is 0 Å². The minimum atomic E-state index is -0.602. The Morgan fingerprint density at radius 3 is 2.47 bits per heavy atom. The van der Waals surface area contributed by atoms with Gasteiger partial charge in [-0.15, -0.1) is 11.8 Å². The van der Waals surface area contributed by atoms with Gasteiger partial charge in [-0.05, 0) is 22.9 Å². The number of ether oxygens (including phenoxy) is 2. The molecule has 6 nitrogen and oxygen atoms in total. The lowest BCUT2D eigenvalue weighted by Gasteiger charge is -2.45. The first kappa shape index (κ1) is 23.3. The summed E-state index contributed by atoms with van der Waals surface area (Å²) in [4.78, 5) is 27.8. The van der Waals surface area contributed by atoms with Crippen molar-refractivity contribution in [3.05, 3.63) is 82.8 Å². The molecule has 7 heteroatoms. The van der Waals surface area contributed by atoms with Crippen LogP contribution in [0.5, 0.6) is 5.75 Å². The normalized spacial score (nSPS) is 20.1. The van der Waals surface area contributed by atoms with E-state index < -0.39 is 17.7 Å². The second-order valence-electron chi connectivity index (χ2n) is 9.71. The van der Waals surface area contributed by atoms with Crippen LogP contribution in [0.1, 0.15) is 28.8 Å². The number of rotatable bonds is 5. The predicted octanol–water partition coefficient (Wildman–Crippen LogP) is 4.31. The first-order chi connectivity index (χ1) is 17.5. The number of likely N-dealkylation sites (tertiary alicyclic amines) is 1. The molecular weight excluding hydrogens is 474 g/mol. The maximum atomic E-state index is 12.6. The molecule has 36 heavy (non-hydrogen) atoms. The molecule has 0 radical (unpaired) electrons. The Kier molecular flexibility index (Phi) is 6.07. The minimum Gasteiger partial charge on any atom is -0.491 e. The van der Waals surface area contributed by atoms with E-state index >= 15 is 0 Å². The summed E-state index contributed by atoms with van der Waals surface area (Å²) in [5, 5.41) is 12.9. The van der Waals surface area contributed by atoms with E-state index in [2.05, 4.69) is 11.0 Å². The van der Waals surface area contributed by atoms with Gasteiger partial charge < -0.3 is 19.5 Å². The quantitative estimate of drug-likeness (QED) is 0.522. The van der Waals surface area contributed by atoms with E-state index in [0.29, 0.717) is 34.1 Å². The molecule has 1 saturated heterocycles. The van der Waals surface area contributed by atoms with Crippen molar-refractivity contribution in [1.82, 2.24) is 4.90 Å². The zero-order chi connectivity index (χ0) is 24.7. The third kappa shape index (κ3) is 4.32. The van der Waals surface area contributed by atoms with Crippen LogP contribution >= 0.6 is 11.8 Å². The number of hydrogen-bond donors (Lipinski definition) is 1. The molecule has 1 fully saturated rings. The minimum absolute atomic E-state index is 0.232. The van der Waals surface area contributed by atoms with Crippen LogP contribution in [0.2, 0.25) is 0 Å². The van der Waals surface area contributed by atoms with Crippen molar-refractivity contribution in [1.29, 1.82) is 0 Å². The van der Waals surface area contributed by atoms with Crippen molar-refractivity contribution in [2.75, 3.05) is 32.0 Å². The van der Waals surface area contributed by atoms with E-state index in [4.69, 9.17) is 9.47 Å². The number of ketones is 2. The molecule has 0 unspecified atom stereocenters. The fraction of sp³-hybridized carbons (Fsp3) is 0.310. The zero-order valence-corrected chi connectivity index (χ0v) is 20.6. The van der Waals surface area contributed by atoms with Gasteiger partial charge in [0.2, 0.25) is 11.6 Å². The third-order valence-corrected chi connectivity index (χ3v) is 8.56. The van der Waals surface area contributed by atoms with Crippen LogP contribution in [0.25, 0.3) is 16.5 Å². The van der Waals surface area contributed by atoms with Gasteiger partial charge in [0.05, 0.1) is 0 Å². The summed E-state index contributed by atoms with van der Waals surface area (Å²) in [6.07, 6.45) is 0.980. The molecule has 1 N–H and O–H groups in total. The standard InChI is InChI=1S/C29H27NO5S/c31-21(17-34-22-10-9-19-5-1-2-6-20(19)15-22)16-30-13-11-29(12-14-30)18-36-28-26(33)25(32)23-7-3-4-8-24(23)27(28)35-29/h1-10,15,21,31H,11-14,16-18H2/t21-/m0/s1. The number of β-amino-alcohol motifs (C(OH)–C–C–N with tert-alkyl or cyclic N) is 1. The molecule has 1 atom stereocenters. The van der Waals surface area contributed by atoms with Crippen LogP contribution in [0.3, 0.4) is 0 Å². The Labute approximate surface area is 213 Å². The highest BCUT2D eigenvalue weighted by atomic mass is 32.2. The molecule has 0 amide bonds. The van der Waals surface area contributed by atoms with Gasteiger partial charge in [-0.3, -0.25) is 9.59 Å². The number of allylic oxidation sites excluding steroid dienone is 1. The van der Waals surface area contributed by atoms with Gasteiger partial charge in [0, 0.05) is 49.4 Å². The Morgan fingerprint density at radius 1 is 0.944 bits per heavy atom. The number of nitrogens with zero attached hydrogens (tertiary/aromatic N) is 1. The Bertz CT molecular complexity index is 1370. The van der Waals surface area contributed by atoms with Crippen LogP contribution in [-0.4, -0.2) is 65.3 Å². The van der Waals surface area contributed by atoms with Gasteiger partial charge in [0.15, 0.2) is 0 Å². The van der Waals surface area contributed by atoms with Crippen LogP contribution in [0, 0.1) is 0 Å². The van der Waals surface area contributed by atoms with E-state index in [1.165, 1.54) is 11.8 Å². The van der Waals surface area contributed by atoms with E-state index in [1.54, 1.807) is 12.1 Å². The van der Waals surface area contributed by atoms with Crippen LogP contribution in [-0.2, 0) is 9.53 Å². The average Bonchev–Trinajstić information content (AvgIpc) is 2.92. The Balaban J connectivity index is 1.06. The number of piperidine rings is 1. The monoisotopic (exact) mass is 501 g/mol. The molecule has 184 valence electrons. The number of carbonyl (C=O) groups is 2. The fourth-order valence-electron chi connectivity index (χ4n) is 5.20. The number of thioether (sulfide) groups is 1. The molecular formula is C29H27NO5S. The van der Waals surface area contributed by atoms with Gasteiger partial charge in [-0.25, -0.2) is 0 Å². The SMILES string of the molecule is O=C1C(=O)c2ccccc2C2=C1SCC1(CCN(C[C@H](O)COc3ccc4ccccc4c3)CC1)O2. The molecule has 2 heterocycles. The fourth-order valence-corrected chi connectivity index (χ4v) is 6.46. The lowest BCUT2D eigenvalue weighted by Crippen LogP contribution is -2.51. The van der Waals surface area contributed by atoms with E-state index in [-0.39, 0.29) is 12.2 Å². The van der Waals surface area contributed by atoms with Crippen molar-refractivity contribution in [2.45, 2.75) is 24.5 Å². The summed E-state index contributed by atoms with van der Waals surface area (Å²) in [6.45, 7) is 2.32. The highest BCUT2D eigenvalue weighted by Crippen LogP contribution is 2.47. The van der Waals surface area contributed by atoms with Crippen LogP contribution < -0.4 is 4.74 Å². The summed E-state index contributed by atoms with van der Waals surface area (Å²) >= 11 is 1.45. The molecule has 3 aromatic rings. The number of Topliss-reactive ketones (excluding diaryl/α,β-unsaturated/α-hetero) is 2. The van der Waals surface area contributed by atoms with Crippen molar-refractivity contribution in [3.8, 4) is 5.75 Å². The maximum Gasteiger partial charge on any atom is 0.243 e. The molecule has 1 spiro atoms. The van der Waals surface area contributed by atoms with Crippen molar-refractivity contribution in [2.24, 2.45) is 0 Å². The van der Waals surface area contributed by atoms with Gasteiger partial charge >= 0.3 is 0 Å². The average molecular weight is 502 g/mol. The van der Waals surface area contributed by atoms with Crippen molar-refractivity contribution in [3.63, 3.8) is 0 Å². The van der Waals surface area contributed by atoms with Crippen molar-refractivity contribution >= 4 is 39.9 Å². The van der Waals surface area contributed by atoms with E-state index in [0.717, 1.165) is 42.5 Å². The number of benzene rings is 3. The third-order valence-electron chi connectivity index (χ3n) is 7.23. The summed E-state index contributed by atoms with van der Waals surface area (Å²) in [5.41, 5.74) is 0.763. The molecule has 0 aromatic heterocycles. The highest BCUT2D eigenvalue weighted by molar-refractivity contribution is 8.04. The van der Waals surface area contributed by atoms with Gasteiger partial charge in [-0.1, -0.05) is 54.6 Å². The molecule has 6 rings (SSSR count). The first-order valence-corrected chi connectivity index (χ1v) is 13.3. The number of hydrogen-bond acceptors (Lipinski definition) is 7. The molecule has 3 aliphatic rings. The Morgan fingerprint density at radius 2 is 1.67 bits per heavy atom. The maximum absolute atomic E-state index is 12.6. The lowest BCUT2D eigenvalue weighted by molar-refractivity contribution is -0.111. The van der Waals surface area contributed by atoms with Crippen molar-refractivity contribution < 1.29 is 24.2 Å². The molecule has 2 aliphatic heterocycles. The number of fused-ring (bicyclic) bond motifs is 3. The van der Waals surface area contributed by atoms with Crippen LogP contribution in [0.15, 0.2) is 71.6 Å². The largest absolute Gasteiger partial charge is 0.491 e. The smallest absolute Gasteiger partial charge is 0.243 e. The van der Waals surface area contributed by atoms with Gasteiger partial charge in [-0.2, -0.15) is 0 Å². The van der Waals surface area contributed by atoms with E-state index in [1.807, 2.05) is 48.5 Å². The molecule has 0 bridgehead atoms. The van der Waals surface area contributed by atoms with Gasteiger partial charge in [0.1, 0.15) is 34.7 Å².